The third kappa shape index (κ3) is 1.01. The number of fused-ring (bicyclic) bond motifs is 1. The average molecular weight is 176 g/mol. The third-order valence-corrected chi connectivity index (χ3v) is 1.74. The van der Waals surface area contributed by atoms with E-state index in [9.17, 15) is 0 Å². The SMILES string of the molecule is N=C(N)c1c(N)oc2cccnc12. The highest BCUT2D eigenvalue weighted by atomic mass is 16.3. The topological polar surface area (TPSA) is 102 Å². The number of furan rings is 1. The number of aromatic nitrogens is 1. The maximum atomic E-state index is 7.27. The number of nitrogens with two attached hydrogens (primary N) is 2. The van der Waals surface area contributed by atoms with Gasteiger partial charge in [-0.15, -0.1) is 0 Å². The van der Waals surface area contributed by atoms with Gasteiger partial charge in [0, 0.05) is 6.20 Å². The van der Waals surface area contributed by atoms with E-state index in [2.05, 4.69) is 4.98 Å². The number of hydrogen-bond donors (Lipinski definition) is 3. The lowest BCUT2D eigenvalue weighted by molar-refractivity contribution is 0.636. The monoisotopic (exact) mass is 176 g/mol. The quantitative estimate of drug-likeness (QED) is 0.439. The zero-order valence-electron chi connectivity index (χ0n) is 6.74. The summed E-state index contributed by atoms with van der Waals surface area (Å²) in [5.74, 6) is 0.0103. The maximum Gasteiger partial charge on any atom is 0.204 e. The molecule has 0 aliphatic carbocycles. The van der Waals surface area contributed by atoms with Crippen molar-refractivity contribution in [2.24, 2.45) is 5.73 Å². The van der Waals surface area contributed by atoms with Gasteiger partial charge < -0.3 is 15.9 Å². The Morgan fingerprint density at radius 2 is 2.31 bits per heavy atom. The number of nitrogens with zero attached hydrogens (tertiary/aromatic N) is 1. The fraction of sp³-hybridized carbons (Fsp3) is 0. The summed E-state index contributed by atoms with van der Waals surface area (Å²) in [6, 6.07) is 3.46. The van der Waals surface area contributed by atoms with Gasteiger partial charge >= 0.3 is 0 Å². The molecule has 13 heavy (non-hydrogen) atoms. The number of anilines is 1. The molecule has 0 radical (unpaired) electrons. The largest absolute Gasteiger partial charge is 0.438 e. The Morgan fingerprint density at radius 1 is 1.54 bits per heavy atom. The summed E-state index contributed by atoms with van der Waals surface area (Å²) in [7, 11) is 0. The van der Waals surface area contributed by atoms with E-state index in [0.717, 1.165) is 0 Å². The Hall–Kier alpha value is -2.04. The van der Waals surface area contributed by atoms with Crippen LogP contribution < -0.4 is 11.5 Å². The fourth-order valence-electron chi connectivity index (χ4n) is 1.21. The van der Waals surface area contributed by atoms with Crippen molar-refractivity contribution in [2.45, 2.75) is 0 Å². The van der Waals surface area contributed by atoms with Crippen molar-refractivity contribution < 1.29 is 4.42 Å². The van der Waals surface area contributed by atoms with Gasteiger partial charge in [-0.05, 0) is 12.1 Å². The molecule has 0 saturated heterocycles. The highest BCUT2D eigenvalue weighted by Crippen LogP contribution is 2.24. The number of amidine groups is 1. The Kier molecular flexibility index (Phi) is 1.45. The minimum Gasteiger partial charge on any atom is -0.438 e. The van der Waals surface area contributed by atoms with Crippen LogP contribution in [0.2, 0.25) is 0 Å². The second kappa shape index (κ2) is 2.48. The van der Waals surface area contributed by atoms with Crippen molar-refractivity contribution in [3.8, 4) is 0 Å². The van der Waals surface area contributed by atoms with Crippen LogP contribution >= 0.6 is 0 Å². The van der Waals surface area contributed by atoms with Gasteiger partial charge in [0.1, 0.15) is 16.9 Å². The molecule has 0 bridgehead atoms. The number of pyridine rings is 1. The smallest absolute Gasteiger partial charge is 0.204 e. The zero-order chi connectivity index (χ0) is 9.42. The molecule has 0 aromatic carbocycles. The van der Waals surface area contributed by atoms with Crippen molar-refractivity contribution in [1.29, 1.82) is 5.41 Å². The molecule has 2 aromatic rings. The molecule has 0 unspecified atom stereocenters. The van der Waals surface area contributed by atoms with Gasteiger partial charge in [0.2, 0.25) is 5.88 Å². The van der Waals surface area contributed by atoms with Crippen LogP contribution in [0.3, 0.4) is 0 Å². The first-order chi connectivity index (χ1) is 6.20. The van der Waals surface area contributed by atoms with E-state index in [4.69, 9.17) is 21.3 Å². The highest BCUT2D eigenvalue weighted by molar-refractivity contribution is 6.09. The molecule has 2 rings (SSSR count). The molecule has 66 valence electrons. The van der Waals surface area contributed by atoms with Crippen molar-refractivity contribution in [2.75, 3.05) is 5.73 Å². The average Bonchev–Trinajstić information content (AvgIpc) is 2.39. The molecular formula is C8H8N4O. The third-order valence-electron chi connectivity index (χ3n) is 1.74. The zero-order valence-corrected chi connectivity index (χ0v) is 6.74. The minimum absolute atomic E-state index is 0.130. The summed E-state index contributed by atoms with van der Waals surface area (Å²) >= 11 is 0. The highest BCUT2D eigenvalue weighted by Gasteiger charge is 2.14. The Labute approximate surface area is 73.9 Å². The van der Waals surface area contributed by atoms with Crippen molar-refractivity contribution in [3.63, 3.8) is 0 Å². The van der Waals surface area contributed by atoms with E-state index in [1.54, 1.807) is 18.3 Å². The summed E-state index contributed by atoms with van der Waals surface area (Å²) in [5.41, 5.74) is 12.3. The first-order valence-corrected chi connectivity index (χ1v) is 3.67. The standard InChI is InChI=1S/C8H8N4O/c9-7(10)5-6-4(13-8(5)11)2-1-3-12-6/h1-3H,11H2,(H3,9,10). The lowest BCUT2D eigenvalue weighted by Gasteiger charge is -1.92. The number of rotatable bonds is 1. The van der Waals surface area contributed by atoms with Crippen LogP contribution in [-0.4, -0.2) is 10.8 Å². The predicted molar refractivity (Wildman–Crippen MR) is 49.4 cm³/mol. The van der Waals surface area contributed by atoms with Gasteiger partial charge in [-0.2, -0.15) is 0 Å². The normalized spacial score (nSPS) is 10.5. The van der Waals surface area contributed by atoms with Gasteiger partial charge in [-0.1, -0.05) is 0 Å². The van der Waals surface area contributed by atoms with E-state index < -0.39 is 0 Å². The van der Waals surface area contributed by atoms with Crippen molar-refractivity contribution in [1.82, 2.24) is 4.98 Å². The summed E-state index contributed by atoms with van der Waals surface area (Å²) in [6.45, 7) is 0. The molecule has 0 aliphatic rings. The van der Waals surface area contributed by atoms with Gasteiger partial charge in [0.25, 0.3) is 0 Å². The van der Waals surface area contributed by atoms with Crippen LogP contribution in [0.25, 0.3) is 11.1 Å². The van der Waals surface area contributed by atoms with Crippen molar-refractivity contribution >= 4 is 22.8 Å². The predicted octanol–water partition coefficient (Wildman–Crippen LogP) is 0.694. The first kappa shape index (κ1) is 7.60. The molecule has 5 heteroatoms. The van der Waals surface area contributed by atoms with Crippen LogP contribution in [0.15, 0.2) is 22.7 Å². The van der Waals surface area contributed by atoms with E-state index in [1.807, 2.05) is 0 Å². The van der Waals surface area contributed by atoms with Gasteiger partial charge in [-0.3, -0.25) is 10.4 Å². The molecule has 5 nitrogen and oxygen atoms in total. The Bertz CT molecular complexity index is 474. The minimum atomic E-state index is -0.130. The summed E-state index contributed by atoms with van der Waals surface area (Å²) in [5, 5.41) is 7.27. The van der Waals surface area contributed by atoms with Crippen LogP contribution in [0.1, 0.15) is 5.56 Å². The van der Waals surface area contributed by atoms with E-state index >= 15 is 0 Å². The molecule has 0 atom stereocenters. The van der Waals surface area contributed by atoms with Crippen LogP contribution in [-0.2, 0) is 0 Å². The Balaban J connectivity index is 2.86. The number of hydrogen-bond acceptors (Lipinski definition) is 4. The summed E-state index contributed by atoms with van der Waals surface area (Å²) in [6.07, 6.45) is 1.60. The lowest BCUT2D eigenvalue weighted by atomic mass is 10.2. The molecular weight excluding hydrogens is 168 g/mol. The Morgan fingerprint density at radius 3 is 3.00 bits per heavy atom. The van der Waals surface area contributed by atoms with Crippen LogP contribution in [0.5, 0.6) is 0 Å². The second-order valence-corrected chi connectivity index (χ2v) is 2.61. The summed E-state index contributed by atoms with van der Waals surface area (Å²) < 4.78 is 5.15. The fourth-order valence-corrected chi connectivity index (χ4v) is 1.21. The van der Waals surface area contributed by atoms with Gasteiger partial charge in [0.15, 0.2) is 5.58 Å². The van der Waals surface area contributed by atoms with Gasteiger partial charge in [-0.25, -0.2) is 0 Å². The molecule has 5 N–H and O–H groups in total. The summed E-state index contributed by atoms with van der Waals surface area (Å²) in [4.78, 5) is 4.03. The molecule has 0 fully saturated rings. The van der Waals surface area contributed by atoms with Crippen LogP contribution in [0, 0.1) is 5.41 Å². The molecule has 0 aliphatic heterocycles. The van der Waals surface area contributed by atoms with E-state index in [1.165, 1.54) is 0 Å². The molecule has 0 saturated carbocycles. The first-order valence-electron chi connectivity index (χ1n) is 3.67. The molecule has 0 spiro atoms. The molecule has 0 amide bonds. The lowest BCUT2D eigenvalue weighted by Crippen LogP contribution is -2.12. The number of nitrogen functional groups attached to an aromatic ring is 2. The molecule has 2 aromatic heterocycles. The maximum absolute atomic E-state index is 7.27. The van der Waals surface area contributed by atoms with Crippen molar-refractivity contribution in [3.05, 3.63) is 23.9 Å². The molecule has 2 heterocycles. The van der Waals surface area contributed by atoms with E-state index in [0.29, 0.717) is 16.7 Å². The van der Waals surface area contributed by atoms with Crippen LogP contribution in [0.4, 0.5) is 5.88 Å². The number of nitrogens with one attached hydrogen (secondary N) is 1. The second-order valence-electron chi connectivity index (χ2n) is 2.61. The van der Waals surface area contributed by atoms with Gasteiger partial charge in [0.05, 0.1) is 0 Å². The van der Waals surface area contributed by atoms with E-state index in [-0.39, 0.29) is 11.7 Å².